The van der Waals surface area contributed by atoms with E-state index in [1.165, 1.54) is 33.6 Å². The van der Waals surface area contributed by atoms with Gasteiger partial charge in [0.2, 0.25) is 0 Å². The van der Waals surface area contributed by atoms with Gasteiger partial charge in [0.15, 0.2) is 0 Å². The molecule has 19 heavy (non-hydrogen) atoms. The summed E-state index contributed by atoms with van der Waals surface area (Å²) in [7, 11) is 2.15. The van der Waals surface area contributed by atoms with E-state index in [1.54, 1.807) is 0 Å². The summed E-state index contributed by atoms with van der Waals surface area (Å²) >= 11 is 0. The molecule has 0 unspecified atom stereocenters. The summed E-state index contributed by atoms with van der Waals surface area (Å²) in [6, 6.07) is 13.4. The van der Waals surface area contributed by atoms with E-state index in [0.717, 1.165) is 6.42 Å². The number of aryl methyl sites for hydroxylation is 2. The lowest BCUT2D eigenvalue weighted by Crippen LogP contribution is -2.11. The highest BCUT2D eigenvalue weighted by Crippen LogP contribution is 2.36. The lowest BCUT2D eigenvalue weighted by Gasteiger charge is -2.22. The molecule has 0 N–H and O–H groups in total. The number of benzene rings is 2. The van der Waals surface area contributed by atoms with Crippen molar-refractivity contribution in [2.24, 2.45) is 0 Å². The molecular weight excluding hydrogens is 230 g/mol. The number of hydrogen-bond acceptors (Lipinski definition) is 1. The Bertz CT molecular complexity index is 653. The Hall–Kier alpha value is -2.02. The van der Waals surface area contributed by atoms with Crippen molar-refractivity contribution in [3.8, 4) is 0 Å². The third-order valence-electron chi connectivity index (χ3n) is 3.85. The number of hydrogen-bond donors (Lipinski definition) is 0. The molecule has 96 valence electrons. The number of nitrogens with zero attached hydrogens (tertiary/aromatic N) is 1. The van der Waals surface area contributed by atoms with Crippen molar-refractivity contribution in [3.05, 3.63) is 58.7 Å². The van der Waals surface area contributed by atoms with Gasteiger partial charge in [0.25, 0.3) is 0 Å². The molecule has 0 radical (unpaired) electrons. The van der Waals surface area contributed by atoms with Gasteiger partial charge in [-0.1, -0.05) is 42.8 Å². The summed E-state index contributed by atoms with van der Waals surface area (Å²) in [5, 5.41) is 0. The molecule has 0 saturated heterocycles. The molecular formula is C18H19N. The van der Waals surface area contributed by atoms with Gasteiger partial charge in [-0.3, -0.25) is 0 Å². The van der Waals surface area contributed by atoms with Gasteiger partial charge >= 0.3 is 0 Å². The van der Waals surface area contributed by atoms with Crippen LogP contribution in [-0.4, -0.2) is 7.05 Å². The predicted molar refractivity (Wildman–Crippen MR) is 84.0 cm³/mol. The second-order valence-corrected chi connectivity index (χ2v) is 5.20. The molecule has 0 amide bonds. The first-order valence-corrected chi connectivity index (χ1v) is 6.84. The molecule has 0 aliphatic carbocycles. The Kier molecular flexibility index (Phi) is 2.90. The molecule has 0 aromatic heterocycles. The van der Waals surface area contributed by atoms with E-state index in [2.05, 4.69) is 74.3 Å². The minimum Gasteiger partial charge on any atom is -0.344 e. The minimum absolute atomic E-state index is 1.07. The van der Waals surface area contributed by atoms with Crippen molar-refractivity contribution in [2.45, 2.75) is 20.3 Å². The highest BCUT2D eigenvalue weighted by molar-refractivity contribution is 5.88. The molecule has 1 aliphatic heterocycles. The molecule has 0 fully saturated rings. The molecule has 1 heterocycles. The Labute approximate surface area is 115 Å². The van der Waals surface area contributed by atoms with Gasteiger partial charge in [-0.25, -0.2) is 0 Å². The van der Waals surface area contributed by atoms with Gasteiger partial charge in [-0.15, -0.1) is 0 Å². The van der Waals surface area contributed by atoms with E-state index >= 15 is 0 Å². The van der Waals surface area contributed by atoms with Crippen LogP contribution < -0.4 is 4.90 Å². The van der Waals surface area contributed by atoms with Crippen LogP contribution in [0.4, 0.5) is 11.4 Å². The Morgan fingerprint density at radius 3 is 2.47 bits per heavy atom. The van der Waals surface area contributed by atoms with Crippen LogP contribution in [-0.2, 0) is 6.42 Å². The van der Waals surface area contributed by atoms with E-state index < -0.39 is 0 Å². The Morgan fingerprint density at radius 1 is 0.895 bits per heavy atom. The molecule has 1 heteroatoms. The molecule has 1 nitrogen and oxygen atoms in total. The maximum Gasteiger partial charge on any atom is 0.0484 e. The van der Waals surface area contributed by atoms with Crippen molar-refractivity contribution >= 4 is 23.5 Å². The van der Waals surface area contributed by atoms with Crippen LogP contribution in [0.25, 0.3) is 12.2 Å². The summed E-state index contributed by atoms with van der Waals surface area (Å²) in [4.78, 5) is 2.29. The van der Waals surface area contributed by atoms with Crippen molar-refractivity contribution in [1.29, 1.82) is 0 Å². The van der Waals surface area contributed by atoms with Crippen molar-refractivity contribution in [3.63, 3.8) is 0 Å². The molecule has 0 atom stereocenters. The number of rotatable bonds is 1. The highest BCUT2D eigenvalue weighted by atomic mass is 15.1. The Balaban J connectivity index is 2.19. The fourth-order valence-corrected chi connectivity index (χ4v) is 2.66. The fraction of sp³-hybridized carbons (Fsp3) is 0.222. The van der Waals surface area contributed by atoms with Crippen LogP contribution in [0.1, 0.15) is 29.2 Å². The van der Waals surface area contributed by atoms with Crippen molar-refractivity contribution < 1.29 is 0 Å². The van der Waals surface area contributed by atoms with Crippen LogP contribution in [0.2, 0.25) is 0 Å². The van der Waals surface area contributed by atoms with E-state index in [9.17, 15) is 0 Å². The largest absolute Gasteiger partial charge is 0.344 e. The summed E-state index contributed by atoms with van der Waals surface area (Å²) < 4.78 is 0. The second kappa shape index (κ2) is 4.58. The zero-order valence-electron chi connectivity index (χ0n) is 11.8. The topological polar surface area (TPSA) is 3.24 Å². The first-order chi connectivity index (χ1) is 9.19. The average molecular weight is 249 g/mol. The quantitative estimate of drug-likeness (QED) is 0.701. The third-order valence-corrected chi connectivity index (χ3v) is 3.85. The van der Waals surface area contributed by atoms with E-state index in [1.807, 2.05) is 0 Å². The molecule has 2 aromatic carbocycles. The van der Waals surface area contributed by atoms with Crippen LogP contribution in [0, 0.1) is 6.92 Å². The molecule has 0 spiro atoms. The van der Waals surface area contributed by atoms with Gasteiger partial charge in [0.05, 0.1) is 0 Å². The van der Waals surface area contributed by atoms with E-state index in [0.29, 0.717) is 0 Å². The molecule has 1 aliphatic rings. The van der Waals surface area contributed by atoms with Crippen LogP contribution in [0.15, 0.2) is 36.4 Å². The molecule has 2 aromatic rings. The van der Waals surface area contributed by atoms with Gasteiger partial charge in [0.1, 0.15) is 0 Å². The summed E-state index contributed by atoms with van der Waals surface area (Å²) in [5.74, 6) is 0. The monoisotopic (exact) mass is 249 g/mol. The van der Waals surface area contributed by atoms with Gasteiger partial charge in [-0.05, 0) is 48.2 Å². The fourth-order valence-electron chi connectivity index (χ4n) is 2.66. The lowest BCUT2D eigenvalue weighted by atomic mass is 10.1. The SMILES string of the molecule is CCc1ccc2c(c1)N(C)c1ccc(C)cc1C=C2. The first-order valence-electron chi connectivity index (χ1n) is 6.84. The van der Waals surface area contributed by atoms with Crippen molar-refractivity contribution in [1.82, 2.24) is 0 Å². The molecule has 0 bridgehead atoms. The second-order valence-electron chi connectivity index (χ2n) is 5.20. The van der Waals surface area contributed by atoms with Crippen LogP contribution in [0.3, 0.4) is 0 Å². The summed E-state index contributed by atoms with van der Waals surface area (Å²) in [5.41, 5.74) is 7.82. The van der Waals surface area contributed by atoms with E-state index in [-0.39, 0.29) is 0 Å². The summed E-state index contributed by atoms with van der Waals surface area (Å²) in [6.07, 6.45) is 5.51. The molecule has 3 rings (SSSR count). The van der Waals surface area contributed by atoms with Crippen LogP contribution >= 0.6 is 0 Å². The first kappa shape index (κ1) is 12.0. The van der Waals surface area contributed by atoms with Gasteiger partial charge in [-0.2, -0.15) is 0 Å². The lowest BCUT2D eigenvalue weighted by molar-refractivity contribution is 1.12. The maximum atomic E-state index is 2.30. The minimum atomic E-state index is 1.07. The normalized spacial score (nSPS) is 12.9. The van der Waals surface area contributed by atoms with Gasteiger partial charge in [0, 0.05) is 18.4 Å². The number of anilines is 2. The van der Waals surface area contributed by atoms with E-state index in [4.69, 9.17) is 0 Å². The molecule has 0 saturated carbocycles. The van der Waals surface area contributed by atoms with Gasteiger partial charge < -0.3 is 4.90 Å². The zero-order valence-corrected chi connectivity index (χ0v) is 11.8. The maximum absolute atomic E-state index is 2.30. The summed E-state index contributed by atoms with van der Waals surface area (Å²) in [6.45, 7) is 4.34. The highest BCUT2D eigenvalue weighted by Gasteiger charge is 2.14. The van der Waals surface area contributed by atoms with Crippen LogP contribution in [0.5, 0.6) is 0 Å². The standard InChI is InChI=1S/C18H19N/c1-4-14-6-7-15-8-9-16-11-13(2)5-10-17(16)19(3)18(15)12-14/h5-12H,4H2,1-3H3. The Morgan fingerprint density at radius 2 is 1.68 bits per heavy atom. The average Bonchev–Trinajstić information content (AvgIpc) is 2.56. The smallest absolute Gasteiger partial charge is 0.0484 e. The third kappa shape index (κ3) is 2.06. The zero-order chi connectivity index (χ0) is 13.4. The van der Waals surface area contributed by atoms with Crippen molar-refractivity contribution in [2.75, 3.05) is 11.9 Å². The predicted octanol–water partition coefficient (Wildman–Crippen LogP) is 4.81. The number of fused-ring (bicyclic) bond motifs is 2.